The maximum atomic E-state index is 6.21. The van der Waals surface area contributed by atoms with Gasteiger partial charge in [-0.3, -0.25) is 0 Å². The average Bonchev–Trinajstić information content (AvgIpc) is 3.71. The summed E-state index contributed by atoms with van der Waals surface area (Å²) in [6.07, 6.45) is 0. The second kappa shape index (κ2) is 11.0. The first-order valence-corrected chi connectivity index (χ1v) is 16.7. The smallest absolute Gasteiger partial charge is 0.135 e. The Hall–Kier alpha value is -6.58. The molecule has 230 valence electrons. The number of benzene rings is 8. The minimum absolute atomic E-state index is 0.889. The molecule has 10 rings (SSSR count). The van der Waals surface area contributed by atoms with Gasteiger partial charge in [0.1, 0.15) is 11.2 Å². The molecule has 0 amide bonds. The minimum atomic E-state index is 0.889. The third-order valence-electron chi connectivity index (χ3n) is 9.79. The number of para-hydroxylation sites is 5. The quantitative estimate of drug-likeness (QED) is 0.190. The molecule has 0 bridgehead atoms. The number of fused-ring (bicyclic) bond motifs is 7. The van der Waals surface area contributed by atoms with Gasteiger partial charge in [0, 0.05) is 43.9 Å². The molecule has 0 aliphatic carbocycles. The molecule has 2 heterocycles. The van der Waals surface area contributed by atoms with Crippen molar-refractivity contribution >= 4 is 71.6 Å². The van der Waals surface area contributed by atoms with Gasteiger partial charge in [-0.05, 0) is 71.6 Å². The van der Waals surface area contributed by atoms with Crippen molar-refractivity contribution in [2.45, 2.75) is 0 Å². The molecule has 0 unspecified atom stereocenters. The van der Waals surface area contributed by atoms with Gasteiger partial charge in [0.25, 0.3) is 0 Å². The van der Waals surface area contributed by atoms with Gasteiger partial charge in [-0.1, -0.05) is 121 Å². The molecular formula is C46H30N2O. The second-order valence-electron chi connectivity index (χ2n) is 12.5. The number of aromatic nitrogens is 1. The first-order valence-electron chi connectivity index (χ1n) is 16.7. The predicted molar refractivity (Wildman–Crippen MR) is 206 cm³/mol. The molecular weight excluding hydrogens is 597 g/mol. The van der Waals surface area contributed by atoms with Gasteiger partial charge in [-0.2, -0.15) is 0 Å². The molecule has 10 aromatic rings. The Morgan fingerprint density at radius 1 is 0.367 bits per heavy atom. The molecule has 0 fully saturated rings. The fourth-order valence-corrected chi connectivity index (χ4v) is 7.65. The maximum absolute atomic E-state index is 6.21. The van der Waals surface area contributed by atoms with E-state index in [9.17, 15) is 0 Å². The fraction of sp³-hybridized carbons (Fsp3) is 0. The standard InChI is InChI=1S/C46H30N2O/c1-2-14-31(15-3-1)47(32-26-29-46-40(30-32)39-21-9-13-25-45(39)49-46)44-28-27-34(33-16-4-5-17-35(33)44)36-18-6-10-22-41(36)48-42-23-11-7-19-37(42)38-20-8-12-24-43(38)48/h1-30H. The van der Waals surface area contributed by atoms with Crippen LogP contribution in [0.3, 0.4) is 0 Å². The summed E-state index contributed by atoms with van der Waals surface area (Å²) in [4.78, 5) is 2.37. The number of furan rings is 1. The van der Waals surface area contributed by atoms with Crippen molar-refractivity contribution in [3.05, 3.63) is 182 Å². The Balaban J connectivity index is 1.21. The molecule has 0 atom stereocenters. The lowest BCUT2D eigenvalue weighted by atomic mass is 9.95. The van der Waals surface area contributed by atoms with Crippen LogP contribution in [-0.4, -0.2) is 4.57 Å². The lowest BCUT2D eigenvalue weighted by Crippen LogP contribution is -2.10. The molecule has 0 aliphatic heterocycles. The Bertz CT molecular complexity index is 2790. The van der Waals surface area contributed by atoms with Crippen LogP contribution >= 0.6 is 0 Å². The van der Waals surface area contributed by atoms with Crippen LogP contribution in [0.25, 0.3) is 71.3 Å². The van der Waals surface area contributed by atoms with Crippen molar-refractivity contribution in [1.29, 1.82) is 0 Å². The Kier molecular flexibility index (Phi) is 6.18. The van der Waals surface area contributed by atoms with Gasteiger partial charge >= 0.3 is 0 Å². The van der Waals surface area contributed by atoms with E-state index in [0.717, 1.165) is 44.7 Å². The molecule has 2 aromatic heterocycles. The van der Waals surface area contributed by atoms with Crippen molar-refractivity contribution in [1.82, 2.24) is 4.57 Å². The third kappa shape index (κ3) is 4.29. The highest BCUT2D eigenvalue weighted by Gasteiger charge is 2.21. The summed E-state index contributed by atoms with van der Waals surface area (Å²) in [5.41, 5.74) is 11.0. The van der Waals surface area contributed by atoms with E-state index in [4.69, 9.17) is 4.42 Å². The van der Waals surface area contributed by atoms with Crippen molar-refractivity contribution in [3.63, 3.8) is 0 Å². The van der Waals surface area contributed by atoms with Crippen LogP contribution in [0.5, 0.6) is 0 Å². The van der Waals surface area contributed by atoms with Crippen molar-refractivity contribution in [2.24, 2.45) is 0 Å². The van der Waals surface area contributed by atoms with E-state index in [-0.39, 0.29) is 0 Å². The highest BCUT2D eigenvalue weighted by Crippen LogP contribution is 2.45. The lowest BCUT2D eigenvalue weighted by molar-refractivity contribution is 0.669. The summed E-state index contributed by atoms with van der Waals surface area (Å²) in [5, 5.41) is 7.12. The van der Waals surface area contributed by atoms with Crippen LogP contribution in [0, 0.1) is 0 Å². The van der Waals surface area contributed by atoms with E-state index >= 15 is 0 Å². The van der Waals surface area contributed by atoms with Crippen LogP contribution in [0.2, 0.25) is 0 Å². The van der Waals surface area contributed by atoms with Crippen molar-refractivity contribution < 1.29 is 4.42 Å². The Morgan fingerprint density at radius 2 is 0.959 bits per heavy atom. The van der Waals surface area contributed by atoms with Crippen LogP contribution in [0.4, 0.5) is 17.1 Å². The monoisotopic (exact) mass is 626 g/mol. The minimum Gasteiger partial charge on any atom is -0.456 e. The molecule has 3 nitrogen and oxygen atoms in total. The summed E-state index contributed by atoms with van der Waals surface area (Å²) in [7, 11) is 0. The molecule has 0 N–H and O–H groups in total. The molecule has 0 radical (unpaired) electrons. The number of rotatable bonds is 5. The van der Waals surface area contributed by atoms with Gasteiger partial charge in [0.2, 0.25) is 0 Å². The third-order valence-corrected chi connectivity index (χ3v) is 9.79. The van der Waals surface area contributed by atoms with Crippen molar-refractivity contribution in [3.8, 4) is 16.8 Å². The summed E-state index contributed by atoms with van der Waals surface area (Å²) >= 11 is 0. The largest absolute Gasteiger partial charge is 0.456 e. The van der Waals surface area contributed by atoms with Gasteiger partial charge < -0.3 is 13.9 Å². The Labute approximate surface area is 283 Å². The molecule has 49 heavy (non-hydrogen) atoms. The molecule has 3 heteroatoms. The lowest BCUT2D eigenvalue weighted by Gasteiger charge is -2.27. The number of hydrogen-bond donors (Lipinski definition) is 0. The van der Waals surface area contributed by atoms with Gasteiger partial charge in [-0.15, -0.1) is 0 Å². The van der Waals surface area contributed by atoms with E-state index < -0.39 is 0 Å². The molecule has 0 saturated carbocycles. The zero-order chi connectivity index (χ0) is 32.3. The SMILES string of the molecule is c1ccc(N(c2ccc3oc4ccccc4c3c2)c2ccc(-c3ccccc3-n3c4ccccc4c4ccccc43)c3ccccc23)cc1. The zero-order valence-corrected chi connectivity index (χ0v) is 26.6. The molecule has 0 saturated heterocycles. The van der Waals surface area contributed by atoms with E-state index in [0.29, 0.717) is 0 Å². The maximum Gasteiger partial charge on any atom is 0.135 e. The molecule has 8 aromatic carbocycles. The van der Waals surface area contributed by atoms with Crippen LogP contribution in [0.1, 0.15) is 0 Å². The van der Waals surface area contributed by atoms with Crippen LogP contribution in [-0.2, 0) is 0 Å². The summed E-state index contributed by atoms with van der Waals surface area (Å²) in [6, 6.07) is 65.0. The first kappa shape index (κ1) is 27.5. The summed E-state index contributed by atoms with van der Waals surface area (Å²) in [6.45, 7) is 0. The first-order chi connectivity index (χ1) is 24.3. The summed E-state index contributed by atoms with van der Waals surface area (Å²) in [5.74, 6) is 0. The fourth-order valence-electron chi connectivity index (χ4n) is 7.65. The normalized spacial score (nSPS) is 11.7. The molecule has 0 aliphatic rings. The number of hydrogen-bond acceptors (Lipinski definition) is 2. The highest BCUT2D eigenvalue weighted by atomic mass is 16.3. The highest BCUT2D eigenvalue weighted by molar-refractivity contribution is 6.12. The topological polar surface area (TPSA) is 21.3 Å². The zero-order valence-electron chi connectivity index (χ0n) is 26.6. The average molecular weight is 627 g/mol. The molecule has 0 spiro atoms. The van der Waals surface area contributed by atoms with E-state index in [1.54, 1.807) is 0 Å². The van der Waals surface area contributed by atoms with E-state index in [2.05, 4.69) is 179 Å². The number of anilines is 3. The van der Waals surface area contributed by atoms with Gasteiger partial charge in [0.15, 0.2) is 0 Å². The van der Waals surface area contributed by atoms with Crippen LogP contribution < -0.4 is 4.90 Å². The predicted octanol–water partition coefficient (Wildman–Crippen LogP) is 13.0. The second-order valence-corrected chi connectivity index (χ2v) is 12.5. The van der Waals surface area contributed by atoms with E-state index in [1.165, 1.54) is 43.7 Å². The van der Waals surface area contributed by atoms with Crippen LogP contribution in [0.15, 0.2) is 186 Å². The van der Waals surface area contributed by atoms with Gasteiger partial charge in [0.05, 0.1) is 22.4 Å². The van der Waals surface area contributed by atoms with Gasteiger partial charge in [-0.25, -0.2) is 0 Å². The summed E-state index contributed by atoms with van der Waals surface area (Å²) < 4.78 is 8.63. The Morgan fingerprint density at radius 3 is 1.73 bits per heavy atom. The van der Waals surface area contributed by atoms with E-state index in [1.807, 2.05) is 12.1 Å². The van der Waals surface area contributed by atoms with Crippen molar-refractivity contribution in [2.75, 3.05) is 4.90 Å². The number of nitrogens with zero attached hydrogens (tertiary/aromatic N) is 2.